The number of aliphatic hydroxyl groups is 1. The molecule has 0 aromatic carbocycles. The molecule has 2 aromatic heterocycles. The summed E-state index contributed by atoms with van der Waals surface area (Å²) < 4.78 is 5.46. The Morgan fingerprint density at radius 1 is 1.39 bits per heavy atom. The molecule has 1 fully saturated rings. The topological polar surface area (TPSA) is 75.3 Å². The largest absolute Gasteiger partial charge is 0.396 e. The first-order valence-corrected chi connectivity index (χ1v) is 8.26. The summed E-state index contributed by atoms with van der Waals surface area (Å²) in [4.78, 5) is 11.0. The van der Waals surface area contributed by atoms with Crippen molar-refractivity contribution in [3.8, 4) is 11.4 Å². The van der Waals surface area contributed by atoms with Crippen LogP contribution in [0.5, 0.6) is 0 Å². The molecule has 2 aromatic rings. The van der Waals surface area contributed by atoms with E-state index in [9.17, 15) is 5.11 Å². The van der Waals surface area contributed by atoms with Crippen molar-refractivity contribution in [3.63, 3.8) is 0 Å². The van der Waals surface area contributed by atoms with Crippen LogP contribution in [-0.4, -0.2) is 44.8 Å². The van der Waals surface area contributed by atoms with Crippen molar-refractivity contribution in [2.75, 3.05) is 19.7 Å². The first kappa shape index (κ1) is 16.1. The van der Waals surface area contributed by atoms with Gasteiger partial charge >= 0.3 is 0 Å². The predicted molar refractivity (Wildman–Crippen MR) is 86.6 cm³/mol. The normalized spacial score (nSPS) is 19.6. The highest BCUT2D eigenvalue weighted by molar-refractivity contribution is 5.51. The number of aromatic nitrogens is 3. The van der Waals surface area contributed by atoms with E-state index in [0.29, 0.717) is 11.7 Å². The van der Waals surface area contributed by atoms with E-state index in [1.165, 1.54) is 0 Å². The van der Waals surface area contributed by atoms with Crippen molar-refractivity contribution in [2.24, 2.45) is 5.41 Å². The average Bonchev–Trinajstić information content (AvgIpc) is 3.12. The van der Waals surface area contributed by atoms with Gasteiger partial charge < -0.3 is 9.63 Å². The molecule has 23 heavy (non-hydrogen) atoms. The van der Waals surface area contributed by atoms with Crippen LogP contribution in [0.15, 0.2) is 29.0 Å². The molecule has 6 nitrogen and oxygen atoms in total. The van der Waals surface area contributed by atoms with Crippen LogP contribution in [0, 0.1) is 5.41 Å². The maximum atomic E-state index is 9.65. The monoisotopic (exact) mass is 316 g/mol. The van der Waals surface area contributed by atoms with Gasteiger partial charge in [-0.3, -0.25) is 9.88 Å². The molecule has 3 heterocycles. The van der Waals surface area contributed by atoms with E-state index in [1.54, 1.807) is 12.4 Å². The summed E-state index contributed by atoms with van der Waals surface area (Å²) in [5.74, 6) is 1.21. The molecule has 1 N–H and O–H groups in total. The van der Waals surface area contributed by atoms with Crippen molar-refractivity contribution in [1.29, 1.82) is 0 Å². The highest BCUT2D eigenvalue weighted by Crippen LogP contribution is 2.36. The SMILES string of the molecule is CCC1(CO)CCN(C(C)c2nc(-c3cccnc3)no2)CC1. The van der Waals surface area contributed by atoms with Crippen LogP contribution < -0.4 is 0 Å². The van der Waals surface area contributed by atoms with Gasteiger partial charge in [0, 0.05) is 24.6 Å². The fraction of sp³-hybridized carbons (Fsp3) is 0.588. The molecule has 0 aliphatic carbocycles. The van der Waals surface area contributed by atoms with Gasteiger partial charge in [0.15, 0.2) is 0 Å². The van der Waals surface area contributed by atoms with E-state index in [4.69, 9.17) is 4.52 Å². The first-order valence-electron chi connectivity index (χ1n) is 8.26. The lowest BCUT2D eigenvalue weighted by molar-refractivity contribution is 0.0216. The zero-order valence-corrected chi connectivity index (χ0v) is 13.8. The third-order valence-corrected chi connectivity index (χ3v) is 5.21. The molecule has 1 unspecified atom stereocenters. The summed E-state index contributed by atoms with van der Waals surface area (Å²) in [7, 11) is 0. The Labute approximate surface area is 136 Å². The molecule has 1 saturated heterocycles. The van der Waals surface area contributed by atoms with Crippen molar-refractivity contribution in [2.45, 2.75) is 39.2 Å². The molecule has 124 valence electrons. The molecule has 0 radical (unpaired) electrons. The molecule has 0 bridgehead atoms. The number of nitrogens with zero attached hydrogens (tertiary/aromatic N) is 4. The average molecular weight is 316 g/mol. The maximum absolute atomic E-state index is 9.65. The van der Waals surface area contributed by atoms with Crippen LogP contribution in [0.25, 0.3) is 11.4 Å². The summed E-state index contributed by atoms with van der Waals surface area (Å²) in [6.07, 6.45) is 6.50. The lowest BCUT2D eigenvalue weighted by atomic mass is 9.77. The summed E-state index contributed by atoms with van der Waals surface area (Å²) in [6.45, 7) is 6.42. The summed E-state index contributed by atoms with van der Waals surface area (Å²) in [6, 6.07) is 3.87. The van der Waals surface area contributed by atoms with Gasteiger partial charge in [0.1, 0.15) is 0 Å². The van der Waals surface area contributed by atoms with Crippen molar-refractivity contribution < 1.29 is 9.63 Å². The van der Waals surface area contributed by atoms with E-state index in [2.05, 4.69) is 33.9 Å². The Morgan fingerprint density at radius 2 is 2.17 bits per heavy atom. The smallest absolute Gasteiger partial charge is 0.244 e. The quantitative estimate of drug-likeness (QED) is 0.914. The molecular weight excluding hydrogens is 292 g/mol. The Kier molecular flexibility index (Phi) is 4.73. The van der Waals surface area contributed by atoms with E-state index in [0.717, 1.165) is 37.9 Å². The highest BCUT2D eigenvalue weighted by atomic mass is 16.5. The van der Waals surface area contributed by atoms with Crippen LogP contribution >= 0.6 is 0 Å². The number of piperidine rings is 1. The number of likely N-dealkylation sites (tertiary alicyclic amines) is 1. The van der Waals surface area contributed by atoms with Crippen LogP contribution in [0.4, 0.5) is 0 Å². The Bertz CT molecular complexity index is 615. The number of pyridine rings is 1. The molecule has 1 aliphatic rings. The second-order valence-corrected chi connectivity index (χ2v) is 6.42. The number of hydrogen-bond acceptors (Lipinski definition) is 6. The molecule has 6 heteroatoms. The van der Waals surface area contributed by atoms with Crippen molar-refractivity contribution in [3.05, 3.63) is 30.4 Å². The van der Waals surface area contributed by atoms with Gasteiger partial charge in [-0.05, 0) is 56.8 Å². The minimum Gasteiger partial charge on any atom is -0.396 e. The van der Waals surface area contributed by atoms with Gasteiger partial charge in [-0.2, -0.15) is 4.98 Å². The van der Waals surface area contributed by atoms with Crippen LogP contribution in [-0.2, 0) is 0 Å². The maximum Gasteiger partial charge on any atom is 0.244 e. The van der Waals surface area contributed by atoms with Gasteiger partial charge in [0.25, 0.3) is 0 Å². The van der Waals surface area contributed by atoms with Crippen LogP contribution in [0.3, 0.4) is 0 Å². The van der Waals surface area contributed by atoms with Gasteiger partial charge in [-0.25, -0.2) is 0 Å². The number of aliphatic hydroxyl groups excluding tert-OH is 1. The zero-order valence-electron chi connectivity index (χ0n) is 13.8. The lowest BCUT2D eigenvalue weighted by Crippen LogP contribution is -2.42. The molecule has 0 spiro atoms. The van der Waals surface area contributed by atoms with E-state index in [-0.39, 0.29) is 18.1 Å². The second-order valence-electron chi connectivity index (χ2n) is 6.42. The third-order valence-electron chi connectivity index (χ3n) is 5.21. The van der Waals surface area contributed by atoms with Gasteiger partial charge in [0.2, 0.25) is 11.7 Å². The van der Waals surface area contributed by atoms with Crippen LogP contribution in [0.2, 0.25) is 0 Å². The third kappa shape index (κ3) is 3.28. The molecular formula is C17H24N4O2. The second kappa shape index (κ2) is 6.76. The molecule has 3 rings (SSSR count). The van der Waals surface area contributed by atoms with Crippen molar-refractivity contribution >= 4 is 0 Å². The standard InChI is InChI=1S/C17H24N4O2/c1-3-17(12-22)6-9-21(10-7-17)13(2)16-19-15(20-23-16)14-5-4-8-18-11-14/h4-5,8,11,13,22H,3,6-7,9-10,12H2,1-2H3. The Morgan fingerprint density at radius 3 is 2.78 bits per heavy atom. The summed E-state index contributed by atoms with van der Waals surface area (Å²) in [5.41, 5.74) is 0.949. The summed E-state index contributed by atoms with van der Waals surface area (Å²) in [5, 5.41) is 13.7. The van der Waals surface area contributed by atoms with E-state index >= 15 is 0 Å². The van der Waals surface area contributed by atoms with E-state index in [1.807, 2.05) is 12.1 Å². The van der Waals surface area contributed by atoms with Gasteiger partial charge in [-0.15, -0.1) is 0 Å². The fourth-order valence-electron chi connectivity index (χ4n) is 3.18. The van der Waals surface area contributed by atoms with Crippen molar-refractivity contribution in [1.82, 2.24) is 20.0 Å². The first-order chi connectivity index (χ1) is 11.2. The fourth-order valence-corrected chi connectivity index (χ4v) is 3.18. The minimum atomic E-state index is 0.0847. The van der Waals surface area contributed by atoms with Gasteiger partial charge in [0.05, 0.1) is 6.04 Å². The number of rotatable bonds is 5. The Balaban J connectivity index is 1.68. The minimum absolute atomic E-state index is 0.0847. The predicted octanol–water partition coefficient (Wildman–Crippen LogP) is 2.68. The summed E-state index contributed by atoms with van der Waals surface area (Å²) >= 11 is 0. The molecule has 1 aliphatic heterocycles. The van der Waals surface area contributed by atoms with Gasteiger partial charge in [-0.1, -0.05) is 12.1 Å². The van der Waals surface area contributed by atoms with Crippen LogP contribution in [0.1, 0.15) is 45.0 Å². The van der Waals surface area contributed by atoms with E-state index < -0.39 is 0 Å². The highest BCUT2D eigenvalue weighted by Gasteiger charge is 2.35. The zero-order chi connectivity index (χ0) is 16.3. The number of hydrogen-bond donors (Lipinski definition) is 1. The Hall–Kier alpha value is -1.79. The molecule has 0 amide bonds. The molecule has 0 saturated carbocycles. The molecule has 1 atom stereocenters. The lowest BCUT2D eigenvalue weighted by Gasteiger charge is -2.41.